The van der Waals surface area contributed by atoms with Crippen LogP contribution in [0, 0.1) is 11.6 Å². The Balaban J connectivity index is 2.43. The van der Waals surface area contributed by atoms with Crippen molar-refractivity contribution in [3.8, 4) is 0 Å². The van der Waals surface area contributed by atoms with Gasteiger partial charge in [-0.3, -0.25) is 4.18 Å². The van der Waals surface area contributed by atoms with E-state index in [1.54, 1.807) is 0 Å². The fourth-order valence-electron chi connectivity index (χ4n) is 1.24. The lowest BCUT2D eigenvalue weighted by Crippen LogP contribution is -2.05. The van der Waals surface area contributed by atoms with Gasteiger partial charge in [-0.25, -0.2) is 8.78 Å². The minimum atomic E-state index is -3.44. The van der Waals surface area contributed by atoms with Gasteiger partial charge in [0.2, 0.25) is 0 Å². The fraction of sp³-hybridized carbons (Fsp3) is 0.400. The maximum atomic E-state index is 12.8. The van der Waals surface area contributed by atoms with Crippen LogP contribution in [0.15, 0.2) is 18.2 Å². The third-order valence-electron chi connectivity index (χ3n) is 1.83. The molecule has 0 N–H and O–H groups in total. The molecule has 0 bridgehead atoms. The Morgan fingerprint density at radius 3 is 2.25 bits per heavy atom. The van der Waals surface area contributed by atoms with E-state index in [1.165, 1.54) is 12.1 Å². The van der Waals surface area contributed by atoms with Gasteiger partial charge in [-0.05, 0) is 30.5 Å². The molecule has 0 aliphatic carbocycles. The molecule has 0 radical (unpaired) electrons. The van der Waals surface area contributed by atoms with Crippen LogP contribution in [0.5, 0.6) is 0 Å². The molecule has 0 atom stereocenters. The smallest absolute Gasteiger partial charge is 0.264 e. The quantitative estimate of drug-likeness (QED) is 0.592. The highest BCUT2D eigenvalue weighted by Gasteiger charge is 2.03. The molecule has 1 aromatic rings. The van der Waals surface area contributed by atoms with Gasteiger partial charge in [-0.15, -0.1) is 0 Å². The van der Waals surface area contributed by atoms with Gasteiger partial charge in [0, 0.05) is 6.07 Å². The second-order valence-corrected chi connectivity index (χ2v) is 5.05. The summed E-state index contributed by atoms with van der Waals surface area (Å²) in [5, 5.41) is 0. The lowest BCUT2D eigenvalue weighted by atomic mass is 10.1. The maximum absolute atomic E-state index is 12.8. The van der Waals surface area contributed by atoms with Crippen molar-refractivity contribution in [2.24, 2.45) is 0 Å². The van der Waals surface area contributed by atoms with Crippen molar-refractivity contribution >= 4 is 10.1 Å². The molecule has 0 aliphatic heterocycles. The summed E-state index contributed by atoms with van der Waals surface area (Å²) < 4.78 is 51.2. The topological polar surface area (TPSA) is 43.4 Å². The average molecular weight is 250 g/mol. The summed E-state index contributed by atoms with van der Waals surface area (Å²) in [4.78, 5) is 0. The van der Waals surface area contributed by atoms with Crippen molar-refractivity contribution in [1.29, 1.82) is 0 Å². The lowest BCUT2D eigenvalue weighted by Gasteiger charge is -2.02. The molecule has 0 fully saturated rings. The molecule has 0 aromatic heterocycles. The van der Waals surface area contributed by atoms with Crippen LogP contribution < -0.4 is 0 Å². The second-order valence-electron chi connectivity index (χ2n) is 3.41. The zero-order valence-corrected chi connectivity index (χ0v) is 9.56. The van der Waals surface area contributed by atoms with Crippen molar-refractivity contribution in [3.63, 3.8) is 0 Å². The van der Waals surface area contributed by atoms with E-state index in [4.69, 9.17) is 0 Å². The SMILES string of the molecule is CS(=O)(=O)OCCCc1cc(F)cc(F)c1. The van der Waals surface area contributed by atoms with E-state index in [1.807, 2.05) is 0 Å². The van der Waals surface area contributed by atoms with Gasteiger partial charge in [-0.2, -0.15) is 8.42 Å². The summed E-state index contributed by atoms with van der Waals surface area (Å²) in [6.45, 7) is 0.0109. The van der Waals surface area contributed by atoms with Gasteiger partial charge >= 0.3 is 0 Å². The van der Waals surface area contributed by atoms with Crippen molar-refractivity contribution < 1.29 is 21.4 Å². The highest BCUT2D eigenvalue weighted by atomic mass is 32.2. The average Bonchev–Trinajstić information content (AvgIpc) is 2.09. The first-order valence-electron chi connectivity index (χ1n) is 4.66. The van der Waals surface area contributed by atoms with Crippen LogP contribution in [-0.4, -0.2) is 21.3 Å². The Morgan fingerprint density at radius 1 is 1.19 bits per heavy atom. The summed E-state index contributed by atoms with van der Waals surface area (Å²) in [5.74, 6) is -1.28. The van der Waals surface area contributed by atoms with Gasteiger partial charge in [0.15, 0.2) is 0 Å². The summed E-state index contributed by atoms with van der Waals surface area (Å²) in [6, 6.07) is 3.21. The van der Waals surface area contributed by atoms with E-state index < -0.39 is 21.8 Å². The lowest BCUT2D eigenvalue weighted by molar-refractivity contribution is 0.315. The standard InChI is InChI=1S/C10H12F2O3S/c1-16(13,14)15-4-2-3-8-5-9(11)7-10(12)6-8/h5-7H,2-4H2,1H3. The molecule has 0 spiro atoms. The van der Waals surface area contributed by atoms with E-state index in [0.29, 0.717) is 18.4 Å². The van der Waals surface area contributed by atoms with Gasteiger partial charge in [0.1, 0.15) is 11.6 Å². The predicted octanol–water partition coefficient (Wildman–Crippen LogP) is 1.87. The van der Waals surface area contributed by atoms with E-state index in [2.05, 4.69) is 4.18 Å². The summed E-state index contributed by atoms with van der Waals surface area (Å²) in [6.07, 6.45) is 1.70. The molecule has 90 valence electrons. The number of rotatable bonds is 5. The van der Waals surface area contributed by atoms with Crippen LogP contribution in [0.2, 0.25) is 0 Å². The molecule has 0 saturated heterocycles. The number of hydrogen-bond acceptors (Lipinski definition) is 3. The van der Waals surface area contributed by atoms with E-state index >= 15 is 0 Å². The van der Waals surface area contributed by atoms with Crippen molar-refractivity contribution in [1.82, 2.24) is 0 Å². The van der Waals surface area contributed by atoms with Crippen LogP contribution in [0.4, 0.5) is 8.78 Å². The molecule has 1 rings (SSSR count). The van der Waals surface area contributed by atoms with E-state index in [-0.39, 0.29) is 6.61 Å². The molecule has 0 amide bonds. The molecule has 3 nitrogen and oxygen atoms in total. The zero-order valence-electron chi connectivity index (χ0n) is 8.74. The highest BCUT2D eigenvalue weighted by molar-refractivity contribution is 7.85. The summed E-state index contributed by atoms with van der Waals surface area (Å²) in [7, 11) is -3.44. The third kappa shape index (κ3) is 5.18. The first kappa shape index (κ1) is 13.1. The Kier molecular flexibility index (Phi) is 4.37. The van der Waals surface area contributed by atoms with Crippen LogP contribution in [0.1, 0.15) is 12.0 Å². The normalized spacial score (nSPS) is 11.7. The van der Waals surface area contributed by atoms with Gasteiger partial charge < -0.3 is 0 Å². The highest BCUT2D eigenvalue weighted by Crippen LogP contribution is 2.10. The van der Waals surface area contributed by atoms with Gasteiger partial charge in [0.25, 0.3) is 10.1 Å². The van der Waals surface area contributed by atoms with Crippen molar-refractivity contribution in [2.75, 3.05) is 12.9 Å². The van der Waals surface area contributed by atoms with Crippen LogP contribution >= 0.6 is 0 Å². The predicted molar refractivity (Wildman–Crippen MR) is 55.5 cm³/mol. The second kappa shape index (κ2) is 5.36. The van der Waals surface area contributed by atoms with E-state index in [9.17, 15) is 17.2 Å². The molecule has 0 unspecified atom stereocenters. The Hall–Kier alpha value is -1.01. The third-order valence-corrected chi connectivity index (χ3v) is 2.42. The summed E-state index contributed by atoms with van der Waals surface area (Å²) >= 11 is 0. The monoisotopic (exact) mass is 250 g/mol. The minimum Gasteiger partial charge on any atom is -0.270 e. The van der Waals surface area contributed by atoms with Crippen LogP contribution in [0.25, 0.3) is 0 Å². The summed E-state index contributed by atoms with van der Waals surface area (Å²) in [5.41, 5.74) is 0.481. The Morgan fingerprint density at radius 2 is 1.75 bits per heavy atom. The molecule has 1 aromatic carbocycles. The van der Waals surface area contributed by atoms with Crippen molar-refractivity contribution in [2.45, 2.75) is 12.8 Å². The number of hydrogen-bond donors (Lipinski definition) is 0. The first-order chi connectivity index (χ1) is 7.37. The Labute approximate surface area is 93.2 Å². The molecule has 0 heterocycles. The zero-order chi connectivity index (χ0) is 12.2. The van der Waals surface area contributed by atoms with Crippen molar-refractivity contribution in [3.05, 3.63) is 35.4 Å². The van der Waals surface area contributed by atoms with E-state index in [0.717, 1.165) is 12.3 Å². The van der Waals surface area contributed by atoms with Crippen LogP contribution in [-0.2, 0) is 20.7 Å². The minimum absolute atomic E-state index is 0.0109. The number of halogens is 2. The molecule has 16 heavy (non-hydrogen) atoms. The molecule has 0 aliphatic rings. The Bertz CT molecular complexity index is 437. The number of aryl methyl sites for hydroxylation is 1. The largest absolute Gasteiger partial charge is 0.270 e. The first-order valence-corrected chi connectivity index (χ1v) is 6.48. The van der Waals surface area contributed by atoms with Gasteiger partial charge in [-0.1, -0.05) is 0 Å². The van der Waals surface area contributed by atoms with Gasteiger partial charge in [0.05, 0.1) is 12.9 Å². The maximum Gasteiger partial charge on any atom is 0.264 e. The number of benzene rings is 1. The molecular formula is C10H12F2O3S. The molecule has 6 heteroatoms. The molecular weight excluding hydrogens is 238 g/mol. The molecule has 0 saturated carbocycles. The van der Waals surface area contributed by atoms with Crippen LogP contribution in [0.3, 0.4) is 0 Å². The fourth-order valence-corrected chi connectivity index (χ4v) is 1.66.